The lowest BCUT2D eigenvalue weighted by Gasteiger charge is -2.31. The van der Waals surface area contributed by atoms with Crippen LogP contribution in [0.3, 0.4) is 0 Å². The second kappa shape index (κ2) is 8.93. The number of nitrogens with zero attached hydrogens (tertiary/aromatic N) is 2. The Balaban J connectivity index is 1.51. The van der Waals surface area contributed by atoms with Crippen LogP contribution in [0.2, 0.25) is 0 Å². The first-order valence-electron chi connectivity index (χ1n) is 10.5. The number of hydrogen-bond donors (Lipinski definition) is 1. The molecule has 164 valence electrons. The van der Waals surface area contributed by atoms with Gasteiger partial charge in [-0.25, -0.2) is 9.78 Å². The molecular weight excluding hydrogens is 398 g/mol. The number of oxazole rings is 1. The maximum absolute atomic E-state index is 13.3. The minimum Gasteiger partial charge on any atom is -0.460 e. The maximum atomic E-state index is 13.3. The summed E-state index contributed by atoms with van der Waals surface area (Å²) in [6.45, 7) is 5.21. The van der Waals surface area contributed by atoms with Gasteiger partial charge in [0.1, 0.15) is 17.8 Å². The summed E-state index contributed by atoms with van der Waals surface area (Å²) < 4.78 is 16.1. The van der Waals surface area contributed by atoms with Crippen molar-refractivity contribution in [2.24, 2.45) is 0 Å². The highest BCUT2D eigenvalue weighted by Gasteiger charge is 2.31. The number of methoxy groups -OCH3 is 1. The number of rotatable bonds is 6. The molecule has 1 unspecified atom stereocenters. The van der Waals surface area contributed by atoms with E-state index in [4.69, 9.17) is 13.9 Å². The first-order valence-corrected chi connectivity index (χ1v) is 10.5. The third-order valence-corrected chi connectivity index (χ3v) is 5.74. The van der Waals surface area contributed by atoms with E-state index in [1.54, 1.807) is 25.9 Å². The van der Waals surface area contributed by atoms with Crippen molar-refractivity contribution in [1.82, 2.24) is 14.9 Å². The van der Waals surface area contributed by atoms with Crippen LogP contribution in [0, 0.1) is 13.8 Å². The highest BCUT2D eigenvalue weighted by molar-refractivity contribution is 6.00. The van der Waals surface area contributed by atoms with E-state index in [-0.39, 0.29) is 18.4 Å². The molecule has 3 aromatic rings. The number of ether oxygens (including phenoxy) is 2. The Bertz CT molecular complexity index is 1070. The smallest absolute Gasteiger partial charge is 0.340 e. The van der Waals surface area contributed by atoms with E-state index in [9.17, 15) is 9.59 Å². The van der Waals surface area contributed by atoms with Gasteiger partial charge in [-0.1, -0.05) is 12.1 Å². The van der Waals surface area contributed by atoms with Gasteiger partial charge in [0.05, 0.1) is 18.1 Å². The van der Waals surface area contributed by atoms with Crippen LogP contribution in [0.25, 0.3) is 11.1 Å². The van der Waals surface area contributed by atoms with Crippen molar-refractivity contribution in [1.29, 1.82) is 0 Å². The Morgan fingerprint density at radius 3 is 2.84 bits per heavy atom. The zero-order valence-electron chi connectivity index (χ0n) is 18.1. The number of hydrogen-bond acceptors (Lipinski definition) is 6. The zero-order valence-corrected chi connectivity index (χ0v) is 18.1. The molecule has 1 aliphatic heterocycles. The Kier molecular flexibility index (Phi) is 6.08. The Morgan fingerprint density at radius 2 is 2.06 bits per heavy atom. The maximum Gasteiger partial charge on any atom is 0.340 e. The minimum absolute atomic E-state index is 0.0416. The molecule has 1 atom stereocenters. The van der Waals surface area contributed by atoms with Crippen molar-refractivity contribution in [2.75, 3.05) is 33.4 Å². The van der Waals surface area contributed by atoms with Crippen molar-refractivity contribution in [3.05, 3.63) is 52.7 Å². The van der Waals surface area contributed by atoms with E-state index >= 15 is 0 Å². The first-order chi connectivity index (χ1) is 15.0. The molecule has 8 nitrogen and oxygen atoms in total. The number of H-pyrrole nitrogens is 1. The Labute approximate surface area is 180 Å². The van der Waals surface area contributed by atoms with Gasteiger partial charge >= 0.3 is 5.97 Å². The van der Waals surface area contributed by atoms with Gasteiger partial charge in [0.2, 0.25) is 0 Å². The third kappa shape index (κ3) is 4.20. The van der Waals surface area contributed by atoms with Gasteiger partial charge in [0.15, 0.2) is 11.5 Å². The van der Waals surface area contributed by atoms with Crippen LogP contribution < -0.4 is 0 Å². The summed E-state index contributed by atoms with van der Waals surface area (Å²) in [4.78, 5) is 35.3. The van der Waals surface area contributed by atoms with Crippen LogP contribution in [0.5, 0.6) is 0 Å². The van der Waals surface area contributed by atoms with E-state index in [1.807, 2.05) is 24.3 Å². The van der Waals surface area contributed by atoms with Crippen LogP contribution in [0.15, 0.2) is 28.7 Å². The number of aromatic amines is 1. The number of para-hydroxylation sites is 2. The summed E-state index contributed by atoms with van der Waals surface area (Å²) in [6, 6.07) is 7.67. The van der Waals surface area contributed by atoms with Crippen molar-refractivity contribution < 1.29 is 23.5 Å². The summed E-state index contributed by atoms with van der Waals surface area (Å²) in [6.07, 6.45) is 1.77. The number of amides is 1. The predicted octanol–water partition coefficient (Wildman–Crippen LogP) is 3.60. The van der Waals surface area contributed by atoms with Gasteiger partial charge in [-0.2, -0.15) is 0 Å². The van der Waals surface area contributed by atoms with Crippen molar-refractivity contribution in [3.8, 4) is 0 Å². The van der Waals surface area contributed by atoms with Crippen LogP contribution in [-0.4, -0.2) is 60.2 Å². The molecule has 1 aliphatic rings. The molecule has 0 aliphatic carbocycles. The molecule has 1 fully saturated rings. The Morgan fingerprint density at radius 1 is 1.26 bits per heavy atom. The fraction of sp³-hybridized carbons (Fsp3) is 0.435. The number of piperidine rings is 1. The first kappa shape index (κ1) is 21.1. The second-order valence-electron chi connectivity index (χ2n) is 7.86. The summed E-state index contributed by atoms with van der Waals surface area (Å²) in [7, 11) is 1.55. The average Bonchev–Trinajstić information content (AvgIpc) is 3.34. The standard InChI is InChI=1S/C23H27N3O5/c1-14-19(23(28)30-12-11-29-3)15(2)24-20(14)22(27)26-10-6-7-16(13-26)21-25-17-8-4-5-9-18(17)31-21/h4-5,8-9,16,24H,6-7,10-13H2,1-3H3. The molecule has 2 aromatic heterocycles. The normalized spacial score (nSPS) is 16.6. The molecule has 0 radical (unpaired) electrons. The fourth-order valence-electron chi connectivity index (χ4n) is 4.15. The molecule has 4 rings (SSSR count). The highest BCUT2D eigenvalue weighted by Crippen LogP contribution is 2.30. The minimum atomic E-state index is -0.453. The number of carbonyl (C=O) groups excluding carboxylic acids is 2. The average molecular weight is 425 g/mol. The largest absolute Gasteiger partial charge is 0.460 e. The fourth-order valence-corrected chi connectivity index (χ4v) is 4.15. The number of aryl methyl sites for hydroxylation is 1. The Hall–Kier alpha value is -3.13. The number of benzene rings is 1. The number of likely N-dealkylation sites (tertiary alicyclic amines) is 1. The third-order valence-electron chi connectivity index (χ3n) is 5.74. The van der Waals surface area contributed by atoms with Crippen LogP contribution in [0.1, 0.15) is 56.8 Å². The molecule has 8 heteroatoms. The van der Waals surface area contributed by atoms with Crippen molar-refractivity contribution in [2.45, 2.75) is 32.6 Å². The zero-order chi connectivity index (χ0) is 22.0. The van der Waals surface area contributed by atoms with Crippen LogP contribution in [0.4, 0.5) is 0 Å². The topological polar surface area (TPSA) is 97.7 Å². The van der Waals surface area contributed by atoms with Crippen LogP contribution in [-0.2, 0) is 9.47 Å². The quantitative estimate of drug-likeness (QED) is 0.479. The summed E-state index contributed by atoms with van der Waals surface area (Å²) >= 11 is 0. The number of fused-ring (bicyclic) bond motifs is 1. The number of aromatic nitrogens is 2. The lowest BCUT2D eigenvalue weighted by Crippen LogP contribution is -2.39. The second-order valence-corrected chi connectivity index (χ2v) is 7.86. The van der Waals surface area contributed by atoms with Gasteiger partial charge < -0.3 is 23.8 Å². The molecule has 0 saturated carbocycles. The molecular formula is C23H27N3O5. The molecule has 1 saturated heterocycles. The molecule has 3 heterocycles. The van der Waals surface area contributed by atoms with Crippen molar-refractivity contribution >= 4 is 23.0 Å². The van der Waals surface area contributed by atoms with E-state index in [0.717, 1.165) is 23.9 Å². The summed E-state index contributed by atoms with van der Waals surface area (Å²) in [5.74, 6) is 0.128. The van der Waals surface area contributed by atoms with Gasteiger partial charge in [-0.15, -0.1) is 0 Å². The monoisotopic (exact) mass is 425 g/mol. The lowest BCUT2D eigenvalue weighted by molar-refractivity contribution is 0.0387. The van der Waals surface area contributed by atoms with Crippen LogP contribution >= 0.6 is 0 Å². The van der Waals surface area contributed by atoms with Gasteiger partial charge in [0.25, 0.3) is 5.91 Å². The molecule has 1 amide bonds. The SMILES string of the molecule is COCCOC(=O)c1c(C)[nH]c(C(=O)N2CCCC(c3nc4ccccc4o3)C2)c1C. The van der Waals surface area contributed by atoms with E-state index < -0.39 is 5.97 Å². The molecule has 1 N–H and O–H groups in total. The number of esters is 1. The number of carbonyl (C=O) groups is 2. The van der Waals surface area contributed by atoms with Gasteiger partial charge in [-0.3, -0.25) is 4.79 Å². The molecule has 31 heavy (non-hydrogen) atoms. The number of nitrogens with one attached hydrogen (secondary N) is 1. The predicted molar refractivity (Wildman–Crippen MR) is 114 cm³/mol. The lowest BCUT2D eigenvalue weighted by atomic mass is 9.97. The van der Waals surface area contributed by atoms with E-state index in [0.29, 0.717) is 48.1 Å². The summed E-state index contributed by atoms with van der Waals surface area (Å²) in [5, 5.41) is 0. The van der Waals surface area contributed by atoms with Crippen molar-refractivity contribution in [3.63, 3.8) is 0 Å². The molecule has 1 aromatic carbocycles. The summed E-state index contributed by atoms with van der Waals surface area (Å²) in [5.41, 5.74) is 3.65. The van der Waals surface area contributed by atoms with E-state index in [2.05, 4.69) is 9.97 Å². The molecule has 0 spiro atoms. The van der Waals surface area contributed by atoms with Gasteiger partial charge in [-0.05, 0) is 44.4 Å². The molecule has 0 bridgehead atoms. The highest BCUT2D eigenvalue weighted by atomic mass is 16.6. The van der Waals surface area contributed by atoms with Gasteiger partial charge in [0, 0.05) is 25.9 Å². The van der Waals surface area contributed by atoms with E-state index in [1.165, 1.54) is 0 Å².